The van der Waals surface area contributed by atoms with Crippen molar-refractivity contribution in [3.8, 4) is 5.75 Å². The first-order valence-electron chi connectivity index (χ1n) is 6.09. The summed E-state index contributed by atoms with van der Waals surface area (Å²) in [5, 5.41) is 3.62. The molecule has 94 valence electrons. The average molecular weight is 298 g/mol. The molecule has 1 aliphatic heterocycles. The Kier molecular flexibility index (Phi) is 3.50. The number of halogens is 1. The van der Waals surface area contributed by atoms with Crippen LogP contribution in [-0.4, -0.2) is 13.7 Å². The highest BCUT2D eigenvalue weighted by molar-refractivity contribution is 9.10. The molecule has 1 atom stereocenters. The number of methoxy groups -OCH3 is 1. The molecule has 17 heavy (non-hydrogen) atoms. The van der Waals surface area contributed by atoms with Crippen LogP contribution in [0.25, 0.3) is 0 Å². The Morgan fingerprint density at radius 2 is 2.12 bits per heavy atom. The molecule has 1 N–H and O–H groups in total. The molecule has 1 aromatic rings. The van der Waals surface area contributed by atoms with Gasteiger partial charge in [-0.3, -0.25) is 0 Å². The molecule has 1 unspecified atom stereocenters. The largest absolute Gasteiger partial charge is 0.496 e. The van der Waals surface area contributed by atoms with Crippen molar-refractivity contribution in [3.05, 3.63) is 27.2 Å². The quantitative estimate of drug-likeness (QED) is 0.899. The van der Waals surface area contributed by atoms with Gasteiger partial charge in [-0.25, -0.2) is 0 Å². The minimum Gasteiger partial charge on any atom is -0.496 e. The van der Waals surface area contributed by atoms with Crippen LogP contribution in [0, 0.1) is 13.8 Å². The number of benzene rings is 1. The van der Waals surface area contributed by atoms with E-state index >= 15 is 0 Å². The van der Waals surface area contributed by atoms with Gasteiger partial charge in [0.1, 0.15) is 5.75 Å². The lowest BCUT2D eigenvalue weighted by atomic mass is 9.85. The van der Waals surface area contributed by atoms with Gasteiger partial charge in [0.05, 0.1) is 7.11 Å². The lowest BCUT2D eigenvalue weighted by Gasteiger charge is -2.30. The van der Waals surface area contributed by atoms with E-state index in [4.69, 9.17) is 4.74 Å². The van der Waals surface area contributed by atoms with Gasteiger partial charge in [-0.15, -0.1) is 0 Å². The molecule has 0 aromatic heterocycles. The maximum atomic E-state index is 5.65. The summed E-state index contributed by atoms with van der Waals surface area (Å²) >= 11 is 3.60. The molecular formula is C14H20BrNO. The van der Waals surface area contributed by atoms with Crippen LogP contribution in [0.1, 0.15) is 36.5 Å². The van der Waals surface area contributed by atoms with Crippen molar-refractivity contribution in [2.75, 3.05) is 13.7 Å². The molecule has 2 rings (SSSR count). The molecule has 1 fully saturated rings. The molecule has 1 saturated heterocycles. The fraction of sp³-hybridized carbons (Fsp3) is 0.571. The van der Waals surface area contributed by atoms with Gasteiger partial charge >= 0.3 is 0 Å². The van der Waals surface area contributed by atoms with Crippen molar-refractivity contribution >= 4 is 15.9 Å². The van der Waals surface area contributed by atoms with Crippen LogP contribution in [0.5, 0.6) is 5.75 Å². The smallest absolute Gasteiger partial charge is 0.128 e. The number of hydrogen-bond donors (Lipinski definition) is 1. The molecule has 3 heteroatoms. The molecule has 0 amide bonds. The number of rotatable bonds is 2. The van der Waals surface area contributed by atoms with Crippen molar-refractivity contribution in [3.63, 3.8) is 0 Å². The predicted octanol–water partition coefficient (Wildman–Crippen LogP) is 3.67. The third-order valence-corrected chi connectivity index (χ3v) is 4.61. The SMILES string of the molecule is COc1c(C)c(Br)cc(C)c1C1(C)CCCN1. The average Bonchev–Trinajstić information content (AvgIpc) is 2.70. The molecule has 0 aliphatic carbocycles. The zero-order chi connectivity index (χ0) is 12.6. The first-order chi connectivity index (χ1) is 7.99. The zero-order valence-electron chi connectivity index (χ0n) is 11.0. The van der Waals surface area contributed by atoms with Crippen LogP contribution in [0.2, 0.25) is 0 Å². The number of hydrogen-bond acceptors (Lipinski definition) is 2. The van der Waals surface area contributed by atoms with Gasteiger partial charge in [0.2, 0.25) is 0 Å². The standard InChI is InChI=1S/C14H20BrNO/c1-9-8-11(15)10(2)13(17-4)12(9)14(3)6-5-7-16-14/h8,16H,5-7H2,1-4H3. The van der Waals surface area contributed by atoms with Crippen LogP contribution in [0.15, 0.2) is 10.5 Å². The Bertz CT molecular complexity index is 436. The number of ether oxygens (including phenoxy) is 1. The molecule has 0 radical (unpaired) electrons. The molecule has 1 aliphatic rings. The monoisotopic (exact) mass is 297 g/mol. The number of aryl methyl sites for hydroxylation is 1. The van der Waals surface area contributed by atoms with Crippen LogP contribution < -0.4 is 10.1 Å². The third-order valence-electron chi connectivity index (χ3n) is 3.79. The topological polar surface area (TPSA) is 21.3 Å². The summed E-state index contributed by atoms with van der Waals surface area (Å²) in [5.74, 6) is 1.02. The Morgan fingerprint density at radius 3 is 2.65 bits per heavy atom. The molecular weight excluding hydrogens is 278 g/mol. The number of nitrogens with one attached hydrogen (secondary N) is 1. The minimum absolute atomic E-state index is 0.0564. The second kappa shape index (κ2) is 4.62. The predicted molar refractivity (Wildman–Crippen MR) is 74.8 cm³/mol. The summed E-state index contributed by atoms with van der Waals surface area (Å²) in [6.45, 7) is 7.63. The van der Waals surface area contributed by atoms with Crippen molar-refractivity contribution in [1.29, 1.82) is 0 Å². The van der Waals surface area contributed by atoms with E-state index in [1.165, 1.54) is 29.5 Å². The van der Waals surface area contributed by atoms with Crippen LogP contribution >= 0.6 is 15.9 Å². The van der Waals surface area contributed by atoms with Gasteiger partial charge in [-0.1, -0.05) is 15.9 Å². The van der Waals surface area contributed by atoms with Crippen molar-refractivity contribution < 1.29 is 4.74 Å². The van der Waals surface area contributed by atoms with E-state index in [1.54, 1.807) is 7.11 Å². The first kappa shape index (κ1) is 12.9. The van der Waals surface area contributed by atoms with E-state index in [0.29, 0.717) is 0 Å². The fourth-order valence-corrected chi connectivity index (χ4v) is 3.42. The van der Waals surface area contributed by atoms with E-state index in [0.717, 1.165) is 16.8 Å². The summed E-state index contributed by atoms with van der Waals surface area (Å²) in [7, 11) is 1.76. The van der Waals surface area contributed by atoms with E-state index in [9.17, 15) is 0 Å². The zero-order valence-corrected chi connectivity index (χ0v) is 12.6. The summed E-state index contributed by atoms with van der Waals surface area (Å²) in [4.78, 5) is 0. The molecule has 0 spiro atoms. The highest BCUT2D eigenvalue weighted by Crippen LogP contribution is 2.42. The molecule has 1 heterocycles. The van der Waals surface area contributed by atoms with Crippen molar-refractivity contribution in [2.24, 2.45) is 0 Å². The fourth-order valence-electron chi connectivity index (χ4n) is 2.89. The second-order valence-electron chi connectivity index (χ2n) is 5.07. The Hall–Kier alpha value is -0.540. The first-order valence-corrected chi connectivity index (χ1v) is 6.88. The van der Waals surface area contributed by atoms with E-state index in [-0.39, 0.29) is 5.54 Å². The van der Waals surface area contributed by atoms with Gasteiger partial charge in [0.25, 0.3) is 0 Å². The molecule has 2 nitrogen and oxygen atoms in total. The molecule has 1 aromatic carbocycles. The van der Waals surface area contributed by atoms with Crippen LogP contribution in [0.4, 0.5) is 0 Å². The highest BCUT2D eigenvalue weighted by Gasteiger charge is 2.35. The van der Waals surface area contributed by atoms with Gasteiger partial charge in [0, 0.05) is 21.1 Å². The second-order valence-corrected chi connectivity index (χ2v) is 5.93. The summed E-state index contributed by atoms with van der Waals surface area (Å²) < 4.78 is 6.77. The molecule has 0 bridgehead atoms. The van der Waals surface area contributed by atoms with Gasteiger partial charge in [0.15, 0.2) is 0 Å². The van der Waals surface area contributed by atoms with E-state index in [1.807, 2.05) is 0 Å². The summed E-state index contributed by atoms with van der Waals surface area (Å²) in [5.41, 5.74) is 3.85. The molecule has 0 saturated carbocycles. The van der Waals surface area contributed by atoms with E-state index in [2.05, 4.69) is 48.1 Å². The lowest BCUT2D eigenvalue weighted by Crippen LogP contribution is -2.34. The van der Waals surface area contributed by atoms with Gasteiger partial charge in [-0.05, 0) is 51.8 Å². The Labute approximate surface area is 112 Å². The van der Waals surface area contributed by atoms with Crippen LogP contribution in [-0.2, 0) is 5.54 Å². The maximum absolute atomic E-state index is 5.65. The maximum Gasteiger partial charge on any atom is 0.128 e. The third kappa shape index (κ3) is 2.11. The Balaban J connectivity index is 2.63. The van der Waals surface area contributed by atoms with Crippen molar-refractivity contribution in [2.45, 2.75) is 39.2 Å². The van der Waals surface area contributed by atoms with Crippen molar-refractivity contribution in [1.82, 2.24) is 5.32 Å². The van der Waals surface area contributed by atoms with Crippen LogP contribution in [0.3, 0.4) is 0 Å². The Morgan fingerprint density at radius 1 is 1.41 bits per heavy atom. The lowest BCUT2D eigenvalue weighted by molar-refractivity contribution is 0.367. The minimum atomic E-state index is 0.0564. The summed E-state index contributed by atoms with van der Waals surface area (Å²) in [6, 6.07) is 2.19. The van der Waals surface area contributed by atoms with Gasteiger partial charge in [-0.2, -0.15) is 0 Å². The van der Waals surface area contributed by atoms with E-state index < -0.39 is 0 Å². The normalized spacial score (nSPS) is 24.1. The summed E-state index contributed by atoms with van der Waals surface area (Å²) in [6.07, 6.45) is 2.40. The highest BCUT2D eigenvalue weighted by atomic mass is 79.9. The van der Waals surface area contributed by atoms with Gasteiger partial charge < -0.3 is 10.1 Å².